The molecule has 136 valence electrons. The Balaban J connectivity index is 2.46. The first kappa shape index (κ1) is 18.2. The highest BCUT2D eigenvalue weighted by molar-refractivity contribution is 6.35. The van der Waals surface area contributed by atoms with Gasteiger partial charge in [-0.1, -0.05) is 17.7 Å². The Bertz CT molecular complexity index is 1090. The van der Waals surface area contributed by atoms with Crippen molar-refractivity contribution in [2.45, 2.75) is 12.2 Å². The largest absolute Gasteiger partial charge is 0.477 e. The number of carboxylic acid groups (broad SMARTS) is 1. The van der Waals surface area contributed by atoms with E-state index in [4.69, 9.17) is 22.4 Å². The van der Waals surface area contributed by atoms with Crippen LogP contribution >= 0.6 is 11.6 Å². The first-order valence-electron chi connectivity index (χ1n) is 7.06. The summed E-state index contributed by atoms with van der Waals surface area (Å²) in [5, 5.41) is 7.74. The van der Waals surface area contributed by atoms with Crippen molar-refractivity contribution in [3.63, 3.8) is 0 Å². The number of nitrogens with zero attached hydrogens (tertiary/aromatic N) is 1. The normalized spacial score (nSPS) is 20.1. The van der Waals surface area contributed by atoms with Crippen molar-refractivity contribution in [2.24, 2.45) is 5.73 Å². The average Bonchev–Trinajstić information content (AvgIpc) is 2.53. The molecule has 0 saturated carbocycles. The van der Waals surface area contributed by atoms with Crippen molar-refractivity contribution in [1.29, 1.82) is 0 Å². The van der Waals surface area contributed by atoms with Crippen LogP contribution in [-0.2, 0) is 0 Å². The van der Waals surface area contributed by atoms with Gasteiger partial charge < -0.3 is 9.67 Å². The predicted octanol–water partition coefficient (Wildman–Crippen LogP) is 3.35. The van der Waals surface area contributed by atoms with E-state index in [1.807, 2.05) is 0 Å². The van der Waals surface area contributed by atoms with Gasteiger partial charge in [0.15, 0.2) is 17.4 Å². The monoisotopic (exact) mass is 388 g/mol. The van der Waals surface area contributed by atoms with Crippen molar-refractivity contribution in [2.75, 3.05) is 0 Å². The Hall–Kier alpha value is -2.65. The molecule has 1 atom stereocenters. The summed E-state index contributed by atoms with van der Waals surface area (Å²) in [6, 6.07) is 0.467. The molecule has 0 saturated heterocycles. The standard InChI is InChI=1S/C16H9ClF4N2O3/c17-11-12(20)8(18)3-6-13(11)23(5-7(14(6)24)15(25)26)10-1-2-16(21,22)4-9(10)19/h1,3-5H,2,22H2,(H,25,26). The number of benzene rings is 1. The minimum atomic E-state index is -2.47. The third kappa shape index (κ3) is 2.78. The van der Waals surface area contributed by atoms with Crippen molar-refractivity contribution in [3.05, 3.63) is 62.7 Å². The number of aromatic carboxylic acids is 1. The number of pyridine rings is 1. The maximum absolute atomic E-state index is 14.3. The number of nitrogens with two attached hydrogens (primary N) is 1. The number of fused-ring (bicyclic) bond motifs is 1. The molecule has 0 amide bonds. The number of halogens is 5. The van der Waals surface area contributed by atoms with Gasteiger partial charge in [-0.2, -0.15) is 0 Å². The van der Waals surface area contributed by atoms with Crippen LogP contribution in [0.5, 0.6) is 0 Å². The van der Waals surface area contributed by atoms with Crippen LogP contribution in [0.25, 0.3) is 16.6 Å². The Morgan fingerprint density at radius 1 is 1.35 bits per heavy atom. The smallest absolute Gasteiger partial charge is 0.341 e. The number of rotatable bonds is 2. The van der Waals surface area contributed by atoms with Crippen molar-refractivity contribution >= 4 is 34.2 Å². The molecule has 0 spiro atoms. The molecule has 0 aliphatic heterocycles. The third-order valence-corrected chi connectivity index (χ3v) is 4.18. The van der Waals surface area contributed by atoms with Gasteiger partial charge in [-0.15, -0.1) is 0 Å². The summed E-state index contributed by atoms with van der Waals surface area (Å²) in [6.45, 7) is 0. The molecule has 1 aliphatic rings. The third-order valence-electron chi connectivity index (χ3n) is 3.83. The molecule has 10 heteroatoms. The van der Waals surface area contributed by atoms with Crippen molar-refractivity contribution in [1.82, 2.24) is 4.57 Å². The van der Waals surface area contributed by atoms with Gasteiger partial charge in [-0.25, -0.2) is 22.4 Å². The summed E-state index contributed by atoms with van der Waals surface area (Å²) in [5.41, 5.74) is 2.34. The van der Waals surface area contributed by atoms with Gasteiger partial charge in [0, 0.05) is 18.7 Å². The zero-order valence-electron chi connectivity index (χ0n) is 12.7. The maximum Gasteiger partial charge on any atom is 0.341 e. The van der Waals surface area contributed by atoms with E-state index in [9.17, 15) is 27.2 Å². The zero-order chi connectivity index (χ0) is 19.4. The highest BCUT2D eigenvalue weighted by atomic mass is 35.5. The van der Waals surface area contributed by atoms with Crippen LogP contribution in [0.1, 0.15) is 16.8 Å². The van der Waals surface area contributed by atoms with Crippen LogP contribution in [0.15, 0.2) is 35.0 Å². The van der Waals surface area contributed by atoms with E-state index < -0.39 is 68.3 Å². The minimum absolute atomic E-state index is 0.413. The second kappa shape index (κ2) is 5.96. The predicted molar refractivity (Wildman–Crippen MR) is 86.2 cm³/mol. The fraction of sp³-hybridized carbons (Fsp3) is 0.125. The second-order valence-electron chi connectivity index (χ2n) is 5.64. The Labute approximate surface area is 147 Å². The lowest BCUT2D eigenvalue weighted by Gasteiger charge is -2.23. The first-order chi connectivity index (χ1) is 12.0. The van der Waals surface area contributed by atoms with Crippen LogP contribution in [-0.4, -0.2) is 21.4 Å². The summed E-state index contributed by atoms with van der Waals surface area (Å²) < 4.78 is 56.3. The van der Waals surface area contributed by atoms with Gasteiger partial charge in [0.1, 0.15) is 16.4 Å². The molecule has 3 rings (SSSR count). The van der Waals surface area contributed by atoms with Gasteiger partial charge in [0.25, 0.3) is 0 Å². The average molecular weight is 389 g/mol. The van der Waals surface area contributed by atoms with E-state index in [0.29, 0.717) is 18.3 Å². The van der Waals surface area contributed by atoms with Crippen LogP contribution in [0.3, 0.4) is 0 Å². The highest BCUT2D eigenvalue weighted by Gasteiger charge is 2.29. The quantitative estimate of drug-likeness (QED) is 0.469. The highest BCUT2D eigenvalue weighted by Crippen LogP contribution is 2.34. The zero-order valence-corrected chi connectivity index (χ0v) is 13.5. The molecule has 1 unspecified atom stereocenters. The molecule has 0 radical (unpaired) electrons. The lowest BCUT2D eigenvalue weighted by Crippen LogP contribution is -2.33. The SMILES string of the molecule is NC1(F)C=C(F)C(n2cc(C(=O)O)c(=O)c3cc(F)c(F)c(Cl)c32)=CC1. The second-order valence-corrected chi connectivity index (χ2v) is 6.02. The Morgan fingerprint density at radius 2 is 2.00 bits per heavy atom. The van der Waals surface area contributed by atoms with Crippen LogP contribution in [0.4, 0.5) is 17.6 Å². The van der Waals surface area contributed by atoms with E-state index in [0.717, 1.165) is 10.6 Å². The number of aromatic nitrogens is 1. The van der Waals surface area contributed by atoms with Gasteiger partial charge in [-0.3, -0.25) is 10.5 Å². The lowest BCUT2D eigenvalue weighted by atomic mass is 10.0. The number of hydrogen-bond acceptors (Lipinski definition) is 3. The topological polar surface area (TPSA) is 85.3 Å². The number of alkyl halides is 1. The molecule has 0 fully saturated rings. The fourth-order valence-electron chi connectivity index (χ4n) is 2.64. The van der Waals surface area contributed by atoms with E-state index in [-0.39, 0.29) is 0 Å². The molecular weight excluding hydrogens is 380 g/mol. The minimum Gasteiger partial charge on any atom is -0.477 e. The molecule has 1 aromatic heterocycles. The molecule has 1 aromatic carbocycles. The van der Waals surface area contributed by atoms with Crippen molar-refractivity contribution < 1.29 is 27.5 Å². The van der Waals surface area contributed by atoms with E-state index >= 15 is 0 Å². The van der Waals surface area contributed by atoms with E-state index in [2.05, 4.69) is 0 Å². The lowest BCUT2D eigenvalue weighted by molar-refractivity contribution is 0.0695. The summed E-state index contributed by atoms with van der Waals surface area (Å²) in [5.74, 6) is -8.32. The molecule has 26 heavy (non-hydrogen) atoms. The molecule has 0 bridgehead atoms. The van der Waals surface area contributed by atoms with Gasteiger partial charge in [-0.05, 0) is 6.07 Å². The molecule has 5 nitrogen and oxygen atoms in total. The fourth-order valence-corrected chi connectivity index (χ4v) is 2.92. The van der Waals surface area contributed by atoms with E-state index in [1.165, 1.54) is 0 Å². The molecule has 3 N–H and O–H groups in total. The molecule has 2 aromatic rings. The van der Waals surface area contributed by atoms with Crippen molar-refractivity contribution in [3.8, 4) is 0 Å². The van der Waals surface area contributed by atoms with Crippen LogP contribution in [0, 0.1) is 11.6 Å². The molecule has 1 heterocycles. The molecule has 1 aliphatic carbocycles. The number of carbonyl (C=O) groups is 1. The number of carboxylic acids is 1. The van der Waals surface area contributed by atoms with Gasteiger partial charge in [0.05, 0.1) is 16.6 Å². The van der Waals surface area contributed by atoms with E-state index in [1.54, 1.807) is 0 Å². The summed E-state index contributed by atoms with van der Waals surface area (Å²) in [4.78, 5) is 23.6. The Kier molecular flexibility index (Phi) is 4.16. The maximum atomic E-state index is 14.3. The van der Waals surface area contributed by atoms with Gasteiger partial charge in [0.2, 0.25) is 5.43 Å². The summed E-state index contributed by atoms with van der Waals surface area (Å²) >= 11 is 5.77. The number of hydrogen-bond donors (Lipinski definition) is 2. The van der Waals surface area contributed by atoms with Crippen LogP contribution in [0.2, 0.25) is 5.02 Å². The Morgan fingerprint density at radius 3 is 2.58 bits per heavy atom. The number of allylic oxidation sites excluding steroid dienone is 2. The molecular formula is C16H9ClF4N2O3. The first-order valence-corrected chi connectivity index (χ1v) is 7.44. The summed E-state index contributed by atoms with van der Waals surface area (Å²) in [7, 11) is 0. The van der Waals surface area contributed by atoms with Crippen LogP contribution < -0.4 is 11.2 Å². The van der Waals surface area contributed by atoms with Gasteiger partial charge >= 0.3 is 5.97 Å². The summed E-state index contributed by atoms with van der Waals surface area (Å²) in [6.07, 6.45) is 1.66.